The molecule has 0 atom stereocenters. The first-order valence-electron chi connectivity index (χ1n) is 11.2. The number of carbonyl (C=O) groups is 4. The lowest BCUT2D eigenvalue weighted by molar-refractivity contribution is -0.136. The fraction of sp³-hybridized carbons (Fsp3) is 0.192. The summed E-state index contributed by atoms with van der Waals surface area (Å²) in [7, 11) is 2.69. The molecule has 1 aromatic heterocycles. The third-order valence-electron chi connectivity index (χ3n) is 5.52. The van der Waals surface area contributed by atoms with Crippen LogP contribution in [0, 0.1) is 0 Å². The van der Waals surface area contributed by atoms with Gasteiger partial charge in [-0.05, 0) is 60.7 Å². The van der Waals surface area contributed by atoms with Gasteiger partial charge in [-0.2, -0.15) is 5.10 Å². The first kappa shape index (κ1) is 25.6. The molecule has 0 spiro atoms. The van der Waals surface area contributed by atoms with Gasteiger partial charge in [0.2, 0.25) is 0 Å². The van der Waals surface area contributed by atoms with Crippen molar-refractivity contribution in [3.8, 4) is 11.5 Å². The number of methoxy groups -OCH3 is 2. The van der Waals surface area contributed by atoms with Crippen molar-refractivity contribution in [2.75, 3.05) is 19.5 Å². The van der Waals surface area contributed by atoms with Crippen LogP contribution in [-0.2, 0) is 27.2 Å². The monoisotopic (exact) mass is 521 g/mol. The normalized spacial score (nSPS) is 12.1. The molecule has 11 heteroatoms. The van der Waals surface area contributed by atoms with Crippen LogP contribution in [0.2, 0.25) is 0 Å². The van der Waals surface area contributed by atoms with Crippen LogP contribution in [0.15, 0.2) is 53.6 Å². The molecule has 2 N–H and O–H groups in total. The fourth-order valence-electron chi connectivity index (χ4n) is 3.77. The number of hydrazone groups is 1. The molecule has 2 amide bonds. The number of anilines is 1. The van der Waals surface area contributed by atoms with Crippen LogP contribution in [0.4, 0.5) is 5.00 Å². The van der Waals surface area contributed by atoms with Gasteiger partial charge in [0.05, 0.1) is 31.6 Å². The molecule has 37 heavy (non-hydrogen) atoms. The topological polar surface area (TPSA) is 132 Å². The van der Waals surface area contributed by atoms with Gasteiger partial charge in [-0.15, -0.1) is 11.3 Å². The van der Waals surface area contributed by atoms with Crippen molar-refractivity contribution >= 4 is 46.3 Å². The fourth-order valence-corrected chi connectivity index (χ4v) is 5.04. The Kier molecular flexibility index (Phi) is 7.94. The number of thiophene rings is 1. The number of ether oxygens (including phenoxy) is 3. The van der Waals surface area contributed by atoms with Crippen molar-refractivity contribution in [3.05, 3.63) is 75.7 Å². The van der Waals surface area contributed by atoms with Gasteiger partial charge in [-0.1, -0.05) is 18.2 Å². The van der Waals surface area contributed by atoms with Crippen LogP contribution >= 0.6 is 11.3 Å². The first-order valence-corrected chi connectivity index (χ1v) is 12.1. The lowest BCUT2D eigenvalue weighted by Gasteiger charge is -2.10. The molecule has 4 rings (SSSR count). The van der Waals surface area contributed by atoms with Crippen molar-refractivity contribution in [1.82, 2.24) is 5.43 Å². The second kappa shape index (κ2) is 11.5. The van der Waals surface area contributed by atoms with E-state index in [4.69, 9.17) is 14.2 Å². The highest BCUT2D eigenvalue weighted by Crippen LogP contribution is 2.39. The molecule has 0 saturated heterocycles. The average molecular weight is 522 g/mol. The molecule has 0 unspecified atom stereocenters. The van der Waals surface area contributed by atoms with Crippen LogP contribution in [0.25, 0.3) is 0 Å². The number of esters is 2. The maximum atomic E-state index is 12.4. The third-order valence-corrected chi connectivity index (χ3v) is 6.73. The van der Waals surface area contributed by atoms with E-state index in [1.807, 2.05) is 0 Å². The Morgan fingerprint density at radius 3 is 2.46 bits per heavy atom. The van der Waals surface area contributed by atoms with Crippen LogP contribution in [0.1, 0.15) is 43.1 Å². The number of fused-ring (bicyclic) bond motifs is 1. The summed E-state index contributed by atoms with van der Waals surface area (Å²) in [6.07, 6.45) is 3.76. The van der Waals surface area contributed by atoms with Crippen molar-refractivity contribution in [1.29, 1.82) is 0 Å². The molecule has 190 valence electrons. The minimum atomic E-state index is -1.01. The highest BCUT2D eigenvalue weighted by Gasteiger charge is 2.29. The van der Waals surface area contributed by atoms with Gasteiger partial charge in [-0.3, -0.25) is 9.59 Å². The van der Waals surface area contributed by atoms with Gasteiger partial charge in [0, 0.05) is 4.88 Å². The minimum Gasteiger partial charge on any atom is -0.493 e. The van der Waals surface area contributed by atoms with E-state index in [2.05, 4.69) is 15.8 Å². The number of nitrogens with one attached hydrogen (secondary N) is 2. The Bertz CT molecular complexity index is 1380. The molecule has 0 fully saturated rings. The van der Waals surface area contributed by atoms with Gasteiger partial charge in [-0.25, -0.2) is 15.0 Å². The van der Waals surface area contributed by atoms with Gasteiger partial charge in [0.1, 0.15) is 5.00 Å². The Morgan fingerprint density at radius 2 is 1.73 bits per heavy atom. The standard InChI is InChI=1S/C26H23N3O7S/c1-34-19-13-15(11-12-18(19)36-25(32)16-7-4-3-5-8-16)14-27-29-23(31)22(30)28-24-21(26(33)35-2)17-9-6-10-20(17)37-24/h3-5,7-8,11-14H,6,9-10H2,1-2H3,(H,28,30)(H,29,31)/b27-14+. The van der Waals surface area contributed by atoms with Gasteiger partial charge in [0.25, 0.3) is 0 Å². The summed E-state index contributed by atoms with van der Waals surface area (Å²) >= 11 is 1.27. The number of hydrogen-bond acceptors (Lipinski definition) is 9. The maximum absolute atomic E-state index is 12.4. The third kappa shape index (κ3) is 5.84. The van der Waals surface area contributed by atoms with E-state index in [-0.39, 0.29) is 16.5 Å². The summed E-state index contributed by atoms with van der Waals surface area (Å²) in [6, 6.07) is 13.2. The number of aryl methyl sites for hydroxylation is 1. The number of carbonyl (C=O) groups excluding carboxylic acids is 4. The number of rotatable bonds is 7. The zero-order valence-electron chi connectivity index (χ0n) is 20.0. The van der Waals surface area contributed by atoms with Crippen molar-refractivity contribution in [2.45, 2.75) is 19.3 Å². The number of benzene rings is 2. The molecule has 1 aliphatic rings. The van der Waals surface area contributed by atoms with Crippen molar-refractivity contribution in [2.24, 2.45) is 5.10 Å². The molecule has 10 nitrogen and oxygen atoms in total. The summed E-state index contributed by atoms with van der Waals surface area (Å²) in [5.74, 6) is -2.59. The molecule has 3 aromatic rings. The molecule has 0 aliphatic heterocycles. The van der Waals surface area contributed by atoms with Crippen molar-refractivity contribution < 1.29 is 33.4 Å². The maximum Gasteiger partial charge on any atom is 0.343 e. The highest BCUT2D eigenvalue weighted by molar-refractivity contribution is 7.17. The predicted molar refractivity (Wildman–Crippen MR) is 136 cm³/mol. The van der Waals surface area contributed by atoms with Crippen LogP contribution in [0.5, 0.6) is 11.5 Å². The van der Waals surface area contributed by atoms with E-state index < -0.39 is 23.8 Å². The summed E-state index contributed by atoms with van der Waals surface area (Å²) in [5, 5.41) is 6.57. The Morgan fingerprint density at radius 1 is 0.946 bits per heavy atom. The Labute approximate surface area is 216 Å². The molecule has 0 radical (unpaired) electrons. The quantitative estimate of drug-likeness (QED) is 0.160. The zero-order chi connectivity index (χ0) is 26.4. The lowest BCUT2D eigenvalue weighted by Crippen LogP contribution is -2.32. The van der Waals surface area contributed by atoms with E-state index in [0.717, 1.165) is 29.7 Å². The van der Waals surface area contributed by atoms with E-state index >= 15 is 0 Å². The summed E-state index contributed by atoms with van der Waals surface area (Å²) in [4.78, 5) is 50.2. The minimum absolute atomic E-state index is 0.209. The van der Waals surface area contributed by atoms with E-state index in [0.29, 0.717) is 16.7 Å². The molecule has 1 heterocycles. The number of amides is 2. The second-order valence-corrected chi connectivity index (χ2v) is 8.98. The molecule has 2 aromatic carbocycles. The first-order chi connectivity index (χ1) is 17.9. The van der Waals surface area contributed by atoms with Gasteiger partial charge < -0.3 is 19.5 Å². The van der Waals surface area contributed by atoms with Crippen LogP contribution < -0.4 is 20.2 Å². The summed E-state index contributed by atoms with van der Waals surface area (Å²) < 4.78 is 15.5. The van der Waals surface area contributed by atoms with E-state index in [1.54, 1.807) is 42.5 Å². The smallest absolute Gasteiger partial charge is 0.343 e. The average Bonchev–Trinajstić information content (AvgIpc) is 3.50. The van der Waals surface area contributed by atoms with Crippen molar-refractivity contribution in [3.63, 3.8) is 0 Å². The number of nitrogens with zero attached hydrogens (tertiary/aromatic N) is 1. The molecule has 0 bridgehead atoms. The van der Waals surface area contributed by atoms with Gasteiger partial charge >= 0.3 is 23.8 Å². The Balaban J connectivity index is 1.38. The predicted octanol–water partition coefficient (Wildman–Crippen LogP) is 3.34. The van der Waals surface area contributed by atoms with E-state index in [1.165, 1.54) is 37.8 Å². The summed E-state index contributed by atoms with van der Waals surface area (Å²) in [6.45, 7) is 0. The SMILES string of the molecule is COC(=O)c1c(NC(=O)C(=O)N/N=C/c2ccc(OC(=O)c3ccccc3)c(OC)c2)sc2c1CCC2. The molecule has 1 aliphatic carbocycles. The second-order valence-electron chi connectivity index (χ2n) is 7.87. The number of hydrogen-bond donors (Lipinski definition) is 2. The Hall–Kier alpha value is -4.51. The van der Waals surface area contributed by atoms with Crippen LogP contribution in [0.3, 0.4) is 0 Å². The lowest BCUT2D eigenvalue weighted by atomic mass is 10.1. The molecular formula is C26H23N3O7S. The zero-order valence-corrected chi connectivity index (χ0v) is 20.8. The highest BCUT2D eigenvalue weighted by atomic mass is 32.1. The largest absolute Gasteiger partial charge is 0.493 e. The summed E-state index contributed by atoms with van der Waals surface area (Å²) in [5.41, 5.74) is 4.21. The molecular weight excluding hydrogens is 498 g/mol. The molecule has 0 saturated carbocycles. The van der Waals surface area contributed by atoms with E-state index in [9.17, 15) is 19.2 Å². The van der Waals surface area contributed by atoms with Crippen LogP contribution in [-0.4, -0.2) is 44.2 Å². The van der Waals surface area contributed by atoms with Gasteiger partial charge in [0.15, 0.2) is 11.5 Å².